The van der Waals surface area contributed by atoms with Gasteiger partial charge in [0.05, 0.1) is 15.5 Å². The molecule has 11 nitrogen and oxygen atoms in total. The number of aliphatic hydroxyl groups excluding tert-OH is 1. The second-order valence-corrected chi connectivity index (χ2v) is 16.6. The molecule has 1 N–H and O–H groups in total. The van der Waals surface area contributed by atoms with Crippen molar-refractivity contribution in [3.05, 3.63) is 69.8 Å². The van der Waals surface area contributed by atoms with Crippen molar-refractivity contribution < 1.29 is 49.9 Å². The van der Waals surface area contributed by atoms with Crippen LogP contribution in [0.1, 0.15) is 64.1 Å². The minimum atomic E-state index is -4.32. The number of aryl methyl sites for hydroxylation is 2. The topological polar surface area (TPSA) is 160 Å². The molecule has 2 aromatic carbocycles. The number of aliphatic hydroxyl groups is 1. The molecule has 240 valence electrons. The quantitative estimate of drug-likeness (QED) is 0.372. The minimum absolute atomic E-state index is 0.00504. The van der Waals surface area contributed by atoms with Gasteiger partial charge in [0, 0.05) is 23.0 Å². The SMILES string of the molecule is Cc1ccc(S(=O)(=O)O[C@@H]2[C@H]3OC(C)(C)O[C@H]3O[C@@H]2C(O)C2=CC[C@H]3C(=O)c4cc(C)c5c(c4C(=O)[C@H]3C2)CCS5(=O)=O)cc1. The number of Topliss-reactive ketones (excluding diaryl/α,β-unsaturated/α-hetero) is 2. The molecule has 3 aliphatic heterocycles. The summed E-state index contributed by atoms with van der Waals surface area (Å²) in [5, 5.41) is 11.7. The van der Waals surface area contributed by atoms with Crippen molar-refractivity contribution in [2.75, 3.05) is 5.75 Å². The molecule has 2 aliphatic carbocycles. The average Bonchev–Trinajstić information content (AvgIpc) is 3.58. The van der Waals surface area contributed by atoms with Gasteiger partial charge >= 0.3 is 0 Å². The van der Waals surface area contributed by atoms with Crippen LogP contribution < -0.4 is 0 Å². The molecule has 2 aromatic rings. The molecule has 0 radical (unpaired) electrons. The number of sulfone groups is 1. The number of benzene rings is 2. The maximum absolute atomic E-state index is 14.0. The normalized spacial score (nSPS) is 32.0. The highest BCUT2D eigenvalue weighted by molar-refractivity contribution is 7.91. The Bertz CT molecular complexity index is 1880. The van der Waals surface area contributed by atoms with E-state index in [1.807, 2.05) is 6.92 Å². The van der Waals surface area contributed by atoms with Gasteiger partial charge in [-0.3, -0.25) is 13.8 Å². The van der Waals surface area contributed by atoms with E-state index in [4.69, 9.17) is 18.4 Å². The van der Waals surface area contributed by atoms with Crippen LogP contribution in [0.15, 0.2) is 51.8 Å². The Labute approximate surface area is 261 Å². The van der Waals surface area contributed by atoms with Crippen molar-refractivity contribution in [2.45, 2.75) is 93.2 Å². The molecule has 3 heterocycles. The van der Waals surface area contributed by atoms with Crippen LogP contribution in [-0.4, -0.2) is 75.8 Å². The van der Waals surface area contributed by atoms with E-state index in [-0.39, 0.29) is 57.5 Å². The van der Waals surface area contributed by atoms with Crippen molar-refractivity contribution in [1.29, 1.82) is 0 Å². The second-order valence-electron chi connectivity index (χ2n) is 13.0. The van der Waals surface area contributed by atoms with Gasteiger partial charge in [0.25, 0.3) is 10.1 Å². The van der Waals surface area contributed by atoms with Gasteiger partial charge in [0.1, 0.15) is 24.4 Å². The highest BCUT2D eigenvalue weighted by atomic mass is 32.2. The van der Waals surface area contributed by atoms with Crippen molar-refractivity contribution in [1.82, 2.24) is 0 Å². The monoisotopic (exact) mass is 658 g/mol. The summed E-state index contributed by atoms with van der Waals surface area (Å²) in [6.45, 7) is 6.78. The Kier molecular flexibility index (Phi) is 7.10. The van der Waals surface area contributed by atoms with Crippen LogP contribution in [0.4, 0.5) is 0 Å². The molecule has 45 heavy (non-hydrogen) atoms. The van der Waals surface area contributed by atoms with Gasteiger partial charge in [0.15, 0.2) is 33.5 Å². The standard InChI is InChI=1S/C32H34O11S2/c1-15-5-8-18(9-6-15)45(38,39)43-28-27(40-31-29(28)41-32(3,4)42-31)24(33)17-7-10-19-21(14-17)26(35)23-20-11-12-44(36,37)30(20)16(2)13-22(23)25(19)34/h5-9,13,19,21,24,27-29,31,33H,10-12,14H2,1-4H3/t19-,21+,24?,27-,28+,29-,31-/m1/s1. The maximum Gasteiger partial charge on any atom is 0.297 e. The van der Waals surface area contributed by atoms with Crippen LogP contribution >= 0.6 is 0 Å². The number of carbonyl (C=O) groups is 2. The number of carbonyl (C=O) groups excluding carboxylic acids is 2. The number of ketones is 2. The molecule has 2 fully saturated rings. The molecule has 0 aromatic heterocycles. The fraction of sp³-hybridized carbons (Fsp3) is 0.500. The highest BCUT2D eigenvalue weighted by Gasteiger charge is 2.59. The molecular formula is C32H34O11S2. The fourth-order valence-electron chi connectivity index (χ4n) is 7.45. The van der Waals surface area contributed by atoms with Crippen LogP contribution in [-0.2, 0) is 44.8 Å². The molecule has 7 atom stereocenters. The molecule has 0 amide bonds. The van der Waals surface area contributed by atoms with Crippen LogP contribution in [0.2, 0.25) is 0 Å². The van der Waals surface area contributed by atoms with E-state index in [1.54, 1.807) is 39.0 Å². The number of hydrogen-bond donors (Lipinski definition) is 1. The van der Waals surface area contributed by atoms with Crippen LogP contribution in [0.5, 0.6) is 0 Å². The van der Waals surface area contributed by atoms with Crippen molar-refractivity contribution in [3.63, 3.8) is 0 Å². The summed E-state index contributed by atoms with van der Waals surface area (Å²) in [4.78, 5) is 27.7. The summed E-state index contributed by atoms with van der Waals surface area (Å²) in [6, 6.07) is 7.66. The van der Waals surface area contributed by atoms with E-state index in [0.717, 1.165) is 5.56 Å². The van der Waals surface area contributed by atoms with Gasteiger partial charge in [-0.05, 0) is 81.9 Å². The predicted octanol–water partition coefficient (Wildman–Crippen LogP) is 2.98. The average molecular weight is 659 g/mol. The Balaban J connectivity index is 1.19. The molecule has 2 saturated heterocycles. The molecule has 5 aliphatic rings. The Morgan fingerprint density at radius 3 is 2.47 bits per heavy atom. The number of hydrogen-bond acceptors (Lipinski definition) is 11. The zero-order valence-electron chi connectivity index (χ0n) is 25.2. The molecule has 1 unspecified atom stereocenters. The van der Waals surface area contributed by atoms with Gasteiger partial charge in [-0.25, -0.2) is 8.42 Å². The van der Waals surface area contributed by atoms with E-state index in [9.17, 15) is 31.5 Å². The third-order valence-electron chi connectivity index (χ3n) is 9.52. The first-order chi connectivity index (χ1) is 21.1. The summed E-state index contributed by atoms with van der Waals surface area (Å²) in [6.07, 6.45) is -3.92. The minimum Gasteiger partial charge on any atom is -0.386 e. The predicted molar refractivity (Wildman–Crippen MR) is 158 cm³/mol. The largest absolute Gasteiger partial charge is 0.386 e. The lowest BCUT2D eigenvalue weighted by atomic mass is 9.66. The van der Waals surface area contributed by atoms with Crippen molar-refractivity contribution in [3.8, 4) is 0 Å². The van der Waals surface area contributed by atoms with Gasteiger partial charge < -0.3 is 19.3 Å². The summed E-state index contributed by atoms with van der Waals surface area (Å²) in [5.41, 5.74) is 2.54. The van der Waals surface area contributed by atoms with E-state index in [0.29, 0.717) is 16.7 Å². The molecule has 13 heteroatoms. The second kappa shape index (κ2) is 10.4. The Morgan fingerprint density at radius 2 is 1.76 bits per heavy atom. The number of ether oxygens (including phenoxy) is 3. The molecule has 0 saturated carbocycles. The Morgan fingerprint density at radius 1 is 1.04 bits per heavy atom. The highest BCUT2D eigenvalue weighted by Crippen LogP contribution is 2.47. The van der Waals surface area contributed by atoms with Crippen LogP contribution in [0, 0.1) is 25.7 Å². The lowest BCUT2D eigenvalue weighted by Gasteiger charge is -2.37. The zero-order valence-corrected chi connectivity index (χ0v) is 26.8. The van der Waals surface area contributed by atoms with Crippen molar-refractivity contribution >= 4 is 31.5 Å². The van der Waals surface area contributed by atoms with Crippen molar-refractivity contribution in [2.24, 2.45) is 11.8 Å². The van der Waals surface area contributed by atoms with E-state index >= 15 is 0 Å². The first kappa shape index (κ1) is 30.9. The summed E-state index contributed by atoms with van der Waals surface area (Å²) in [7, 11) is -7.87. The first-order valence-electron chi connectivity index (χ1n) is 14.9. The fourth-order valence-corrected chi connectivity index (χ4v) is 10.4. The molecule has 7 rings (SSSR count). The summed E-state index contributed by atoms with van der Waals surface area (Å²) in [5.74, 6) is -3.25. The summed E-state index contributed by atoms with van der Waals surface area (Å²) < 4.78 is 75.7. The smallest absolute Gasteiger partial charge is 0.297 e. The van der Waals surface area contributed by atoms with E-state index in [1.165, 1.54) is 18.2 Å². The van der Waals surface area contributed by atoms with Crippen LogP contribution in [0.3, 0.4) is 0 Å². The van der Waals surface area contributed by atoms with Gasteiger partial charge in [-0.2, -0.15) is 8.42 Å². The number of rotatable bonds is 5. The number of allylic oxidation sites excluding steroid dienone is 1. The third kappa shape index (κ3) is 4.95. The molecule has 0 bridgehead atoms. The summed E-state index contributed by atoms with van der Waals surface area (Å²) >= 11 is 0. The van der Waals surface area contributed by atoms with Gasteiger partial charge in [0.2, 0.25) is 0 Å². The zero-order chi connectivity index (χ0) is 32.2. The number of fused-ring (bicyclic) bond motifs is 5. The third-order valence-corrected chi connectivity index (χ3v) is 12.8. The molecular weight excluding hydrogens is 624 g/mol. The molecule has 0 spiro atoms. The van der Waals surface area contributed by atoms with Crippen LogP contribution in [0.25, 0.3) is 0 Å². The first-order valence-corrected chi connectivity index (χ1v) is 18.0. The Hall–Kier alpha value is -2.78. The van der Waals surface area contributed by atoms with E-state index < -0.39 is 68.3 Å². The lowest BCUT2D eigenvalue weighted by Crippen LogP contribution is -2.46. The van der Waals surface area contributed by atoms with Gasteiger partial charge in [-0.1, -0.05) is 23.8 Å². The van der Waals surface area contributed by atoms with Gasteiger partial charge in [-0.15, -0.1) is 0 Å². The maximum atomic E-state index is 14.0. The lowest BCUT2D eigenvalue weighted by molar-refractivity contribution is -0.221. The van der Waals surface area contributed by atoms with E-state index in [2.05, 4.69) is 0 Å².